The maximum absolute atomic E-state index is 13.1. The minimum Gasteiger partial charge on any atom is -0.358 e. The van der Waals surface area contributed by atoms with Crippen molar-refractivity contribution in [3.63, 3.8) is 0 Å². The molecular formula is C23H31FN6S. The van der Waals surface area contributed by atoms with Crippen molar-refractivity contribution in [1.29, 1.82) is 0 Å². The summed E-state index contributed by atoms with van der Waals surface area (Å²) < 4.78 is 13.1. The van der Waals surface area contributed by atoms with Gasteiger partial charge in [-0.25, -0.2) is 4.39 Å². The van der Waals surface area contributed by atoms with E-state index in [1.165, 1.54) is 44.2 Å². The highest BCUT2D eigenvalue weighted by Crippen LogP contribution is 2.27. The molecule has 2 aliphatic heterocycles. The lowest BCUT2D eigenvalue weighted by atomic mass is 10.0. The molecule has 6 nitrogen and oxygen atoms in total. The van der Waals surface area contributed by atoms with Crippen LogP contribution in [0.3, 0.4) is 0 Å². The highest BCUT2D eigenvalue weighted by atomic mass is 32.1. The third kappa shape index (κ3) is 6.03. The van der Waals surface area contributed by atoms with Gasteiger partial charge < -0.3 is 20.4 Å². The molecule has 1 atom stereocenters. The summed E-state index contributed by atoms with van der Waals surface area (Å²) in [5, 5.41) is 6.78. The first kappa shape index (κ1) is 21.7. The van der Waals surface area contributed by atoms with Crippen molar-refractivity contribution >= 4 is 34.9 Å². The lowest BCUT2D eigenvalue weighted by molar-refractivity contribution is 0.444. The summed E-state index contributed by atoms with van der Waals surface area (Å²) >= 11 is 5.48. The molecule has 0 radical (unpaired) electrons. The molecule has 0 saturated carbocycles. The summed E-state index contributed by atoms with van der Waals surface area (Å²) in [6.45, 7) is 6.90. The monoisotopic (exact) mass is 442 g/mol. The Morgan fingerprint density at radius 3 is 2.42 bits per heavy atom. The number of thiocarbonyl (C=S) groups is 1. The molecule has 4 rings (SSSR count). The molecule has 0 unspecified atom stereocenters. The zero-order chi connectivity index (χ0) is 21.6. The minimum atomic E-state index is -0.244. The topological polar surface area (TPSA) is 56.3 Å². The Morgan fingerprint density at radius 2 is 1.71 bits per heavy atom. The van der Waals surface area contributed by atoms with Gasteiger partial charge in [0, 0.05) is 38.8 Å². The molecular weight excluding hydrogens is 411 g/mol. The van der Waals surface area contributed by atoms with Crippen LogP contribution in [-0.4, -0.2) is 41.3 Å². The lowest BCUT2D eigenvalue weighted by Crippen LogP contribution is -2.36. The predicted molar refractivity (Wildman–Crippen MR) is 128 cm³/mol. The summed E-state index contributed by atoms with van der Waals surface area (Å²) in [5.41, 5.74) is 0.955. The van der Waals surface area contributed by atoms with Crippen molar-refractivity contribution in [3.8, 4) is 0 Å². The second-order valence-corrected chi connectivity index (χ2v) is 8.99. The molecule has 0 bridgehead atoms. The van der Waals surface area contributed by atoms with Crippen LogP contribution in [0.15, 0.2) is 30.3 Å². The van der Waals surface area contributed by atoms with Gasteiger partial charge in [-0.05, 0) is 67.9 Å². The van der Waals surface area contributed by atoms with Crippen LogP contribution in [0.1, 0.15) is 44.6 Å². The van der Waals surface area contributed by atoms with Crippen molar-refractivity contribution < 1.29 is 4.39 Å². The van der Waals surface area contributed by atoms with Gasteiger partial charge in [-0.3, -0.25) is 0 Å². The summed E-state index contributed by atoms with van der Waals surface area (Å²) in [6, 6.07) is 8.51. The second-order valence-electron chi connectivity index (χ2n) is 8.58. The van der Waals surface area contributed by atoms with Crippen LogP contribution in [0.5, 0.6) is 0 Å². The predicted octanol–water partition coefficient (Wildman–Crippen LogP) is 4.33. The Labute approximate surface area is 189 Å². The van der Waals surface area contributed by atoms with Crippen LogP contribution in [0.4, 0.5) is 22.0 Å². The molecule has 2 N–H and O–H groups in total. The average Bonchev–Trinajstić information content (AvgIpc) is 2.79. The van der Waals surface area contributed by atoms with Gasteiger partial charge >= 0.3 is 0 Å². The average molecular weight is 443 g/mol. The molecule has 2 aromatic rings. The molecule has 8 heteroatoms. The fraction of sp³-hybridized carbons (Fsp3) is 0.522. The van der Waals surface area contributed by atoms with Gasteiger partial charge in [-0.1, -0.05) is 19.1 Å². The van der Waals surface area contributed by atoms with Gasteiger partial charge in [0.1, 0.15) is 17.5 Å². The largest absolute Gasteiger partial charge is 0.358 e. The standard InChI is InChI=1S/C23H31FN6S/c1-17-6-5-13-30(16-17)21-14-20(29-11-3-2-4-12-29)26-22(27-21)28-23(31)25-15-18-7-9-19(24)10-8-18/h7-10,14,17H,2-6,11-13,15-16H2,1H3,(H2,25,26,27,28,31)/t17-/m0/s1. The molecule has 0 aliphatic carbocycles. The number of nitrogens with zero attached hydrogens (tertiary/aromatic N) is 4. The lowest BCUT2D eigenvalue weighted by Gasteiger charge is -2.33. The van der Waals surface area contributed by atoms with E-state index in [2.05, 4.69) is 33.4 Å². The molecule has 3 heterocycles. The number of benzene rings is 1. The molecule has 0 spiro atoms. The number of nitrogens with one attached hydrogen (secondary N) is 2. The zero-order valence-electron chi connectivity index (χ0n) is 18.1. The van der Waals surface area contributed by atoms with E-state index in [-0.39, 0.29) is 5.82 Å². The van der Waals surface area contributed by atoms with E-state index < -0.39 is 0 Å². The molecule has 2 aliphatic rings. The van der Waals surface area contributed by atoms with E-state index >= 15 is 0 Å². The summed E-state index contributed by atoms with van der Waals surface area (Å²) in [7, 11) is 0. The van der Waals surface area contributed by atoms with E-state index in [1.807, 2.05) is 0 Å². The number of piperidine rings is 2. The normalized spacial score (nSPS) is 19.2. The Morgan fingerprint density at radius 1 is 1.03 bits per heavy atom. The smallest absolute Gasteiger partial charge is 0.232 e. The Bertz CT molecular complexity index is 884. The number of aromatic nitrogens is 2. The van der Waals surface area contributed by atoms with Gasteiger partial charge in [-0.15, -0.1) is 0 Å². The molecule has 2 fully saturated rings. The Hall–Kier alpha value is -2.48. The molecule has 2 saturated heterocycles. The minimum absolute atomic E-state index is 0.244. The first-order valence-corrected chi connectivity index (χ1v) is 11.7. The highest BCUT2D eigenvalue weighted by Gasteiger charge is 2.21. The zero-order valence-corrected chi connectivity index (χ0v) is 18.9. The first-order chi connectivity index (χ1) is 15.1. The molecule has 0 amide bonds. The second kappa shape index (κ2) is 10.2. The number of rotatable bonds is 5. The van der Waals surface area contributed by atoms with Crippen LogP contribution < -0.4 is 20.4 Å². The molecule has 31 heavy (non-hydrogen) atoms. The van der Waals surface area contributed by atoms with Gasteiger partial charge in [0.2, 0.25) is 5.95 Å². The Balaban J connectivity index is 1.48. The van der Waals surface area contributed by atoms with E-state index in [0.717, 1.165) is 43.4 Å². The summed E-state index contributed by atoms with van der Waals surface area (Å²) in [4.78, 5) is 14.3. The number of anilines is 3. The maximum Gasteiger partial charge on any atom is 0.232 e. The van der Waals surface area contributed by atoms with Gasteiger partial charge in [0.05, 0.1) is 0 Å². The van der Waals surface area contributed by atoms with E-state index in [9.17, 15) is 4.39 Å². The van der Waals surface area contributed by atoms with Gasteiger partial charge in [-0.2, -0.15) is 9.97 Å². The van der Waals surface area contributed by atoms with Crippen LogP contribution >= 0.6 is 12.2 Å². The maximum atomic E-state index is 13.1. The number of hydrogen-bond acceptors (Lipinski definition) is 5. The van der Waals surface area contributed by atoms with Crippen molar-refractivity contribution in [1.82, 2.24) is 15.3 Å². The van der Waals surface area contributed by atoms with Crippen molar-refractivity contribution in [3.05, 3.63) is 41.7 Å². The van der Waals surface area contributed by atoms with Crippen LogP contribution in [0.25, 0.3) is 0 Å². The Kier molecular flexibility index (Phi) is 7.17. The quantitative estimate of drug-likeness (QED) is 0.669. The van der Waals surface area contributed by atoms with Crippen LogP contribution in [0, 0.1) is 11.7 Å². The van der Waals surface area contributed by atoms with Crippen molar-refractivity contribution in [2.75, 3.05) is 41.3 Å². The fourth-order valence-corrected chi connectivity index (χ4v) is 4.42. The molecule has 166 valence electrons. The van der Waals surface area contributed by atoms with E-state index in [0.29, 0.717) is 23.5 Å². The highest BCUT2D eigenvalue weighted by molar-refractivity contribution is 7.80. The van der Waals surface area contributed by atoms with Crippen LogP contribution in [-0.2, 0) is 6.54 Å². The number of hydrogen-bond donors (Lipinski definition) is 2. The fourth-order valence-electron chi connectivity index (χ4n) is 4.25. The SMILES string of the molecule is C[C@H]1CCCN(c2cc(N3CCCCC3)nc(NC(=S)NCc3ccc(F)cc3)n2)C1. The van der Waals surface area contributed by atoms with Crippen molar-refractivity contribution in [2.45, 2.75) is 45.6 Å². The third-order valence-electron chi connectivity index (χ3n) is 5.95. The third-order valence-corrected chi connectivity index (χ3v) is 6.20. The van der Waals surface area contributed by atoms with Gasteiger partial charge in [0.15, 0.2) is 5.11 Å². The summed E-state index contributed by atoms with van der Waals surface area (Å²) in [6.07, 6.45) is 6.12. The van der Waals surface area contributed by atoms with Crippen molar-refractivity contribution in [2.24, 2.45) is 5.92 Å². The number of halogens is 1. The van der Waals surface area contributed by atoms with E-state index in [1.54, 1.807) is 12.1 Å². The van der Waals surface area contributed by atoms with Gasteiger partial charge in [0.25, 0.3) is 0 Å². The first-order valence-electron chi connectivity index (χ1n) is 11.2. The summed E-state index contributed by atoms with van der Waals surface area (Å²) in [5.74, 6) is 2.87. The van der Waals surface area contributed by atoms with E-state index in [4.69, 9.17) is 22.2 Å². The van der Waals surface area contributed by atoms with Crippen LogP contribution in [0.2, 0.25) is 0 Å². The molecule has 1 aromatic heterocycles. The molecule has 1 aromatic carbocycles.